The Bertz CT molecular complexity index is 564. The molecule has 3 rings (SSSR count). The summed E-state index contributed by atoms with van der Waals surface area (Å²) in [5.41, 5.74) is 0.739. The summed E-state index contributed by atoms with van der Waals surface area (Å²) in [6.07, 6.45) is 5.15. The van der Waals surface area contributed by atoms with E-state index in [2.05, 4.69) is 10.3 Å². The zero-order valence-electron chi connectivity index (χ0n) is 12.3. The van der Waals surface area contributed by atoms with Crippen LogP contribution in [-0.4, -0.2) is 34.2 Å². The fourth-order valence-corrected chi connectivity index (χ4v) is 3.28. The number of hydrogen-bond acceptors (Lipinski definition) is 4. The molecule has 1 aromatic rings. The van der Waals surface area contributed by atoms with Gasteiger partial charge in [-0.05, 0) is 25.0 Å². The highest BCUT2D eigenvalue weighted by atomic mass is 16.2. The van der Waals surface area contributed by atoms with Gasteiger partial charge in [-0.25, -0.2) is 0 Å². The van der Waals surface area contributed by atoms with Crippen LogP contribution in [0.3, 0.4) is 0 Å². The van der Waals surface area contributed by atoms with Crippen molar-refractivity contribution in [2.24, 2.45) is 11.8 Å². The number of hydrogen-bond donors (Lipinski definition) is 1. The molecule has 3 amide bonds. The molecule has 6 nitrogen and oxygen atoms in total. The van der Waals surface area contributed by atoms with Crippen LogP contribution in [0.5, 0.6) is 0 Å². The van der Waals surface area contributed by atoms with Crippen molar-refractivity contribution in [1.29, 1.82) is 0 Å². The summed E-state index contributed by atoms with van der Waals surface area (Å²) in [7, 11) is 0. The monoisotopic (exact) mass is 301 g/mol. The van der Waals surface area contributed by atoms with Gasteiger partial charge in [0.2, 0.25) is 17.7 Å². The molecule has 1 N–H and O–H groups in total. The maximum Gasteiger partial charge on any atom is 0.240 e. The van der Waals surface area contributed by atoms with Gasteiger partial charge in [-0.3, -0.25) is 24.3 Å². The van der Waals surface area contributed by atoms with Crippen LogP contribution in [-0.2, 0) is 20.9 Å². The van der Waals surface area contributed by atoms with Gasteiger partial charge in [-0.15, -0.1) is 0 Å². The predicted molar refractivity (Wildman–Crippen MR) is 78.3 cm³/mol. The van der Waals surface area contributed by atoms with Crippen molar-refractivity contribution in [3.05, 3.63) is 30.1 Å². The van der Waals surface area contributed by atoms with E-state index in [0.717, 1.165) is 36.3 Å². The van der Waals surface area contributed by atoms with Crippen LogP contribution >= 0.6 is 0 Å². The first-order valence-electron chi connectivity index (χ1n) is 7.68. The van der Waals surface area contributed by atoms with Crippen molar-refractivity contribution in [3.8, 4) is 0 Å². The van der Waals surface area contributed by atoms with E-state index in [4.69, 9.17) is 0 Å². The van der Waals surface area contributed by atoms with E-state index >= 15 is 0 Å². The smallest absolute Gasteiger partial charge is 0.240 e. The molecule has 2 heterocycles. The lowest BCUT2D eigenvalue weighted by Crippen LogP contribution is -2.40. The largest absolute Gasteiger partial charge is 0.349 e. The lowest BCUT2D eigenvalue weighted by molar-refractivity contribution is -0.143. The van der Waals surface area contributed by atoms with Crippen LogP contribution in [0.1, 0.15) is 31.4 Å². The van der Waals surface area contributed by atoms with Crippen molar-refractivity contribution >= 4 is 17.7 Å². The van der Waals surface area contributed by atoms with Crippen molar-refractivity contribution in [2.75, 3.05) is 6.54 Å². The van der Waals surface area contributed by atoms with Gasteiger partial charge < -0.3 is 5.32 Å². The second-order valence-electron chi connectivity index (χ2n) is 5.86. The molecular formula is C16H19N3O3. The van der Waals surface area contributed by atoms with Gasteiger partial charge in [-0.2, -0.15) is 0 Å². The fourth-order valence-electron chi connectivity index (χ4n) is 3.28. The van der Waals surface area contributed by atoms with Crippen LogP contribution < -0.4 is 5.32 Å². The number of fused-ring (bicyclic) bond motifs is 1. The van der Waals surface area contributed by atoms with Crippen LogP contribution in [0.25, 0.3) is 0 Å². The SMILES string of the molecule is O=C(CN1C(=O)[C@@H]2CCCC[C@H]2C1=O)NCc1ccccn1. The van der Waals surface area contributed by atoms with Crippen molar-refractivity contribution in [3.63, 3.8) is 0 Å². The van der Waals surface area contributed by atoms with E-state index in [1.807, 2.05) is 6.07 Å². The Morgan fingerprint density at radius 3 is 2.45 bits per heavy atom. The summed E-state index contributed by atoms with van der Waals surface area (Å²) >= 11 is 0. The second-order valence-corrected chi connectivity index (χ2v) is 5.86. The summed E-state index contributed by atoms with van der Waals surface area (Å²) < 4.78 is 0. The number of carbonyl (C=O) groups excluding carboxylic acids is 3. The molecule has 22 heavy (non-hydrogen) atoms. The molecule has 6 heteroatoms. The molecule has 2 aliphatic rings. The highest BCUT2D eigenvalue weighted by molar-refractivity contribution is 6.07. The van der Waals surface area contributed by atoms with E-state index in [1.165, 1.54) is 0 Å². The Morgan fingerprint density at radius 1 is 1.18 bits per heavy atom. The number of aromatic nitrogens is 1. The number of rotatable bonds is 4. The Labute approximate surface area is 128 Å². The van der Waals surface area contributed by atoms with Gasteiger partial charge in [0.05, 0.1) is 24.1 Å². The minimum Gasteiger partial charge on any atom is -0.349 e. The summed E-state index contributed by atoms with van der Waals surface area (Å²) in [6.45, 7) is 0.111. The Hall–Kier alpha value is -2.24. The van der Waals surface area contributed by atoms with E-state index in [1.54, 1.807) is 18.3 Å². The molecule has 1 saturated carbocycles. The molecule has 2 atom stereocenters. The zero-order valence-corrected chi connectivity index (χ0v) is 12.3. The number of amides is 3. The normalized spacial score (nSPS) is 24.3. The molecule has 1 aromatic heterocycles. The van der Waals surface area contributed by atoms with Gasteiger partial charge >= 0.3 is 0 Å². The van der Waals surface area contributed by atoms with Gasteiger partial charge in [0, 0.05) is 6.20 Å². The van der Waals surface area contributed by atoms with Crippen molar-refractivity contribution in [2.45, 2.75) is 32.2 Å². The minimum absolute atomic E-state index is 0.178. The lowest BCUT2D eigenvalue weighted by atomic mass is 9.81. The first-order valence-corrected chi connectivity index (χ1v) is 7.68. The maximum atomic E-state index is 12.3. The van der Waals surface area contributed by atoms with Gasteiger partial charge in [0.1, 0.15) is 6.54 Å². The average molecular weight is 301 g/mol. The molecule has 1 saturated heterocycles. The van der Waals surface area contributed by atoms with Crippen LogP contribution in [0, 0.1) is 11.8 Å². The number of likely N-dealkylation sites (tertiary alicyclic amines) is 1. The Morgan fingerprint density at radius 2 is 1.86 bits per heavy atom. The highest BCUT2D eigenvalue weighted by Gasteiger charge is 2.48. The zero-order chi connectivity index (χ0) is 15.5. The van der Waals surface area contributed by atoms with Crippen molar-refractivity contribution < 1.29 is 14.4 Å². The van der Waals surface area contributed by atoms with Gasteiger partial charge in [0.25, 0.3) is 0 Å². The molecule has 0 spiro atoms. The number of nitrogens with one attached hydrogen (secondary N) is 1. The molecular weight excluding hydrogens is 282 g/mol. The van der Waals surface area contributed by atoms with Gasteiger partial charge in [-0.1, -0.05) is 18.9 Å². The number of carbonyl (C=O) groups is 3. The second kappa shape index (κ2) is 6.25. The van der Waals surface area contributed by atoms with E-state index in [-0.39, 0.29) is 36.1 Å². The minimum atomic E-state index is -0.328. The highest BCUT2D eigenvalue weighted by Crippen LogP contribution is 2.37. The first kappa shape index (κ1) is 14.7. The molecule has 116 valence electrons. The molecule has 0 aromatic carbocycles. The summed E-state index contributed by atoms with van der Waals surface area (Å²) in [6, 6.07) is 5.45. The number of nitrogens with zero attached hydrogens (tertiary/aromatic N) is 2. The average Bonchev–Trinajstić information content (AvgIpc) is 2.79. The van der Waals surface area contributed by atoms with Crippen LogP contribution in [0.2, 0.25) is 0 Å². The molecule has 1 aliphatic heterocycles. The topological polar surface area (TPSA) is 79.4 Å². The summed E-state index contributed by atoms with van der Waals surface area (Å²) in [5.74, 6) is -1.09. The van der Waals surface area contributed by atoms with E-state index in [0.29, 0.717) is 6.54 Å². The Kier molecular flexibility index (Phi) is 4.18. The molecule has 2 fully saturated rings. The predicted octanol–water partition coefficient (Wildman–Crippen LogP) is 0.873. The third-order valence-corrected chi connectivity index (χ3v) is 4.43. The van der Waals surface area contributed by atoms with Crippen LogP contribution in [0.15, 0.2) is 24.4 Å². The van der Waals surface area contributed by atoms with Crippen LogP contribution in [0.4, 0.5) is 0 Å². The van der Waals surface area contributed by atoms with E-state index in [9.17, 15) is 14.4 Å². The molecule has 0 unspecified atom stereocenters. The molecule has 0 bridgehead atoms. The first-order chi connectivity index (χ1) is 10.7. The van der Waals surface area contributed by atoms with Crippen molar-refractivity contribution in [1.82, 2.24) is 15.2 Å². The molecule has 1 aliphatic carbocycles. The van der Waals surface area contributed by atoms with Gasteiger partial charge in [0.15, 0.2) is 0 Å². The summed E-state index contributed by atoms with van der Waals surface area (Å²) in [4.78, 5) is 41.8. The number of imide groups is 1. The van der Waals surface area contributed by atoms with E-state index < -0.39 is 0 Å². The third-order valence-electron chi connectivity index (χ3n) is 4.43. The fraction of sp³-hybridized carbons (Fsp3) is 0.500. The molecule has 0 radical (unpaired) electrons. The standard InChI is InChI=1S/C16H19N3O3/c20-14(18-9-11-5-3-4-8-17-11)10-19-15(21)12-6-1-2-7-13(12)16(19)22/h3-5,8,12-13H,1-2,6-7,9-10H2,(H,18,20)/t12-,13-/m1/s1. The Balaban J connectivity index is 1.57. The number of pyridine rings is 1. The summed E-state index contributed by atoms with van der Waals surface area (Å²) in [5, 5.41) is 2.70. The maximum absolute atomic E-state index is 12.3. The third kappa shape index (κ3) is 2.86. The lowest BCUT2D eigenvalue weighted by Gasteiger charge is -2.19. The quantitative estimate of drug-likeness (QED) is 0.837.